The Hall–Kier alpha value is -0.530. The molecule has 12 heteroatoms. The summed E-state index contributed by atoms with van der Waals surface area (Å²) in [5.74, 6) is 8.15. The number of rotatable bonds is 6. The van der Waals surface area contributed by atoms with Crippen molar-refractivity contribution in [3.63, 3.8) is 0 Å². The standard InChI is InChI=1S/C9H14N4O4S4/c10-12-9-7(13(14)15)3-8(20-9)21(16,17)11-4-6-5-18-1-2-19-6/h3,6,11-12H,1-2,4-5,10H2. The van der Waals surface area contributed by atoms with Crippen molar-refractivity contribution in [2.75, 3.05) is 29.2 Å². The van der Waals surface area contributed by atoms with Gasteiger partial charge in [0, 0.05) is 35.1 Å². The zero-order valence-corrected chi connectivity index (χ0v) is 14.0. The Morgan fingerprint density at radius 2 is 2.24 bits per heavy atom. The molecule has 1 fully saturated rings. The lowest BCUT2D eigenvalue weighted by Crippen LogP contribution is -2.33. The molecule has 21 heavy (non-hydrogen) atoms. The van der Waals surface area contributed by atoms with Gasteiger partial charge in [-0.2, -0.15) is 23.5 Å². The van der Waals surface area contributed by atoms with Crippen LogP contribution in [0.4, 0.5) is 10.7 Å². The molecule has 1 aromatic rings. The van der Waals surface area contributed by atoms with Crippen LogP contribution >= 0.6 is 34.9 Å². The molecule has 0 spiro atoms. The first kappa shape index (κ1) is 16.8. The molecule has 1 aromatic heterocycles. The van der Waals surface area contributed by atoms with Gasteiger partial charge in [-0.05, 0) is 0 Å². The van der Waals surface area contributed by atoms with E-state index in [0.29, 0.717) is 6.54 Å². The minimum absolute atomic E-state index is 0.0166. The van der Waals surface area contributed by atoms with Gasteiger partial charge in [-0.15, -0.1) is 0 Å². The summed E-state index contributed by atoms with van der Waals surface area (Å²) in [6, 6.07) is 1.02. The number of hydrogen-bond acceptors (Lipinski definition) is 9. The van der Waals surface area contributed by atoms with Crippen LogP contribution in [0.1, 0.15) is 0 Å². The Morgan fingerprint density at radius 3 is 2.76 bits per heavy atom. The third kappa shape index (κ3) is 4.23. The average molecular weight is 371 g/mol. The summed E-state index contributed by atoms with van der Waals surface area (Å²) in [6.07, 6.45) is 0. The van der Waals surface area contributed by atoms with Gasteiger partial charge in [0.15, 0.2) is 5.00 Å². The molecule has 1 saturated heterocycles. The van der Waals surface area contributed by atoms with Crippen molar-refractivity contribution in [1.29, 1.82) is 0 Å². The highest BCUT2D eigenvalue weighted by Gasteiger charge is 2.26. The van der Waals surface area contributed by atoms with Crippen molar-refractivity contribution >= 4 is 55.6 Å². The minimum atomic E-state index is -3.76. The third-order valence-corrected chi connectivity index (χ3v) is 8.47. The van der Waals surface area contributed by atoms with Crippen LogP contribution in [-0.2, 0) is 10.0 Å². The highest BCUT2D eigenvalue weighted by Crippen LogP contribution is 2.36. The summed E-state index contributed by atoms with van der Waals surface area (Å²) in [7, 11) is -3.76. The van der Waals surface area contributed by atoms with E-state index in [9.17, 15) is 18.5 Å². The maximum atomic E-state index is 12.2. The Kier molecular flexibility index (Phi) is 5.73. The van der Waals surface area contributed by atoms with Gasteiger partial charge in [-0.25, -0.2) is 19.0 Å². The van der Waals surface area contributed by atoms with Crippen molar-refractivity contribution in [1.82, 2.24) is 4.72 Å². The molecule has 1 aliphatic rings. The molecule has 0 aromatic carbocycles. The van der Waals surface area contributed by atoms with Gasteiger partial charge in [0.1, 0.15) is 4.21 Å². The van der Waals surface area contributed by atoms with E-state index >= 15 is 0 Å². The topological polar surface area (TPSA) is 127 Å². The van der Waals surface area contributed by atoms with Gasteiger partial charge in [0.2, 0.25) is 10.0 Å². The number of nitro groups is 1. The highest BCUT2D eigenvalue weighted by atomic mass is 32.2. The predicted molar refractivity (Wildman–Crippen MR) is 87.5 cm³/mol. The van der Waals surface area contributed by atoms with Crippen LogP contribution in [0.2, 0.25) is 0 Å². The summed E-state index contributed by atoms with van der Waals surface area (Å²) in [5.41, 5.74) is 1.81. The molecule has 4 N–H and O–H groups in total. The molecular weight excluding hydrogens is 356 g/mol. The fraction of sp³-hybridized carbons (Fsp3) is 0.556. The van der Waals surface area contributed by atoms with Crippen molar-refractivity contribution in [3.8, 4) is 0 Å². The number of hydrogen-bond donors (Lipinski definition) is 3. The van der Waals surface area contributed by atoms with E-state index in [1.807, 2.05) is 0 Å². The van der Waals surface area contributed by atoms with Crippen molar-refractivity contribution in [3.05, 3.63) is 16.2 Å². The van der Waals surface area contributed by atoms with E-state index in [2.05, 4.69) is 10.1 Å². The van der Waals surface area contributed by atoms with E-state index < -0.39 is 14.9 Å². The summed E-state index contributed by atoms with van der Waals surface area (Å²) >= 11 is 4.27. The average Bonchev–Trinajstić information content (AvgIpc) is 2.92. The number of thioether (sulfide) groups is 2. The van der Waals surface area contributed by atoms with Crippen molar-refractivity contribution in [2.45, 2.75) is 9.46 Å². The number of anilines is 1. The van der Waals surface area contributed by atoms with Gasteiger partial charge in [0.25, 0.3) is 0 Å². The van der Waals surface area contributed by atoms with Gasteiger partial charge in [-0.3, -0.25) is 10.1 Å². The molecule has 0 bridgehead atoms. The number of sulfonamides is 1. The number of thiophene rings is 1. The first-order chi connectivity index (χ1) is 9.94. The highest BCUT2D eigenvalue weighted by molar-refractivity contribution is 8.06. The molecule has 1 aliphatic heterocycles. The number of nitrogens with one attached hydrogen (secondary N) is 2. The molecular formula is C9H14N4O4S4. The van der Waals surface area contributed by atoms with Crippen molar-refractivity contribution < 1.29 is 13.3 Å². The molecule has 8 nitrogen and oxygen atoms in total. The van der Waals surface area contributed by atoms with Gasteiger partial charge in [0.05, 0.1) is 4.92 Å². The molecule has 0 amide bonds. The van der Waals surface area contributed by atoms with Crippen LogP contribution in [-0.4, -0.2) is 42.4 Å². The number of nitrogens with two attached hydrogens (primary N) is 1. The molecule has 2 heterocycles. The summed E-state index contributed by atoms with van der Waals surface area (Å²) < 4.78 is 26.7. The van der Waals surface area contributed by atoms with Crippen LogP contribution in [0.25, 0.3) is 0 Å². The maximum Gasteiger partial charge on any atom is 0.306 e. The SMILES string of the molecule is NNc1sc(S(=O)(=O)NCC2CSCCS2)cc1[N+](=O)[O-]. The zero-order chi connectivity index (χ0) is 15.5. The normalized spacial score (nSPS) is 19.4. The van der Waals surface area contributed by atoms with E-state index in [1.54, 1.807) is 23.5 Å². The quantitative estimate of drug-likeness (QED) is 0.385. The number of nitrogens with zero attached hydrogens (tertiary/aromatic N) is 1. The predicted octanol–water partition coefficient (Wildman–Crippen LogP) is 1.07. The van der Waals surface area contributed by atoms with Gasteiger partial charge >= 0.3 is 5.69 Å². The van der Waals surface area contributed by atoms with Gasteiger partial charge in [-0.1, -0.05) is 11.3 Å². The van der Waals surface area contributed by atoms with Crippen LogP contribution in [0, 0.1) is 10.1 Å². The van der Waals surface area contributed by atoms with Crippen LogP contribution in [0.5, 0.6) is 0 Å². The maximum absolute atomic E-state index is 12.2. The van der Waals surface area contributed by atoms with E-state index in [-0.39, 0.29) is 20.1 Å². The second kappa shape index (κ2) is 7.15. The molecule has 0 radical (unpaired) electrons. The Balaban J connectivity index is 2.09. The Labute approximate surface area is 134 Å². The van der Waals surface area contributed by atoms with E-state index in [0.717, 1.165) is 34.7 Å². The first-order valence-electron chi connectivity index (χ1n) is 5.88. The summed E-state index contributed by atoms with van der Waals surface area (Å²) in [5, 5.41) is 11.1. The van der Waals surface area contributed by atoms with Crippen LogP contribution in [0.15, 0.2) is 10.3 Å². The molecule has 1 atom stereocenters. The summed E-state index contributed by atoms with van der Waals surface area (Å²) in [4.78, 5) is 10.2. The lowest BCUT2D eigenvalue weighted by atomic mass is 10.5. The van der Waals surface area contributed by atoms with Crippen molar-refractivity contribution in [2.24, 2.45) is 5.84 Å². The first-order valence-corrected chi connectivity index (χ1v) is 10.4. The molecule has 0 aliphatic carbocycles. The van der Waals surface area contributed by atoms with Crippen LogP contribution < -0.4 is 16.0 Å². The summed E-state index contributed by atoms with van der Waals surface area (Å²) in [6.45, 7) is 0.317. The van der Waals surface area contributed by atoms with E-state index in [1.165, 1.54) is 0 Å². The minimum Gasteiger partial charge on any atom is -0.310 e. The molecule has 118 valence electrons. The molecule has 2 rings (SSSR count). The fourth-order valence-electron chi connectivity index (χ4n) is 1.66. The fourth-order valence-corrected chi connectivity index (χ4v) is 6.74. The lowest BCUT2D eigenvalue weighted by Gasteiger charge is -2.20. The molecule has 1 unspecified atom stereocenters. The molecule has 0 saturated carbocycles. The Bertz CT molecular complexity index is 611. The second-order valence-electron chi connectivity index (χ2n) is 4.10. The van der Waals surface area contributed by atoms with Gasteiger partial charge < -0.3 is 5.43 Å². The third-order valence-electron chi connectivity index (χ3n) is 2.67. The largest absolute Gasteiger partial charge is 0.310 e. The monoisotopic (exact) mass is 370 g/mol. The Morgan fingerprint density at radius 1 is 1.48 bits per heavy atom. The lowest BCUT2D eigenvalue weighted by molar-refractivity contribution is -0.383. The second-order valence-corrected chi connectivity index (χ2v) is 9.70. The smallest absolute Gasteiger partial charge is 0.306 e. The number of hydrazine groups is 1. The number of nitrogen functional groups attached to an aromatic ring is 1. The zero-order valence-electron chi connectivity index (χ0n) is 10.8. The van der Waals surface area contributed by atoms with Crippen LogP contribution in [0.3, 0.4) is 0 Å². The van der Waals surface area contributed by atoms with E-state index in [4.69, 9.17) is 5.84 Å².